The smallest absolute Gasteiger partial charge is 0.188 e. The molecule has 2 aromatic carbocycles. The van der Waals surface area contributed by atoms with Gasteiger partial charge in [0.15, 0.2) is 9.84 Å². The summed E-state index contributed by atoms with van der Waals surface area (Å²) in [5, 5.41) is 5.10. The van der Waals surface area contributed by atoms with E-state index in [1.54, 1.807) is 24.3 Å². The van der Waals surface area contributed by atoms with Crippen LogP contribution in [0.15, 0.2) is 64.0 Å². The van der Waals surface area contributed by atoms with Gasteiger partial charge in [0.2, 0.25) is 0 Å². The number of hydrogen-bond acceptors (Lipinski definition) is 4. The lowest BCUT2D eigenvalue weighted by molar-refractivity contribution is 0.110. The zero-order valence-corrected chi connectivity index (χ0v) is 24.7. The normalized spacial score (nSPS) is 23.8. The highest BCUT2D eigenvalue weighted by atomic mass is 79.9. The van der Waals surface area contributed by atoms with Crippen molar-refractivity contribution >= 4 is 37.4 Å². The average Bonchev–Trinajstić information content (AvgIpc) is 3.30. The van der Waals surface area contributed by atoms with Gasteiger partial charge in [-0.05, 0) is 107 Å². The fraction of sp³-hybridized carbons (Fsp3) is 0.483. The van der Waals surface area contributed by atoms with Crippen LogP contribution >= 0.6 is 27.5 Å². The highest BCUT2D eigenvalue weighted by molar-refractivity contribution is 9.10. The van der Waals surface area contributed by atoms with Gasteiger partial charge in [0, 0.05) is 33.7 Å². The Hall–Kier alpha value is -1.67. The lowest BCUT2D eigenvalue weighted by Gasteiger charge is -2.45. The molecule has 0 unspecified atom stereocenters. The van der Waals surface area contributed by atoms with E-state index in [9.17, 15) is 8.42 Å². The molecule has 1 aliphatic carbocycles. The summed E-state index contributed by atoms with van der Waals surface area (Å²) in [6.45, 7) is 7.24. The third-order valence-electron chi connectivity index (χ3n) is 8.45. The first-order chi connectivity index (χ1) is 17.7. The molecule has 2 aliphatic rings. The van der Waals surface area contributed by atoms with Crippen LogP contribution in [0.5, 0.6) is 0 Å². The monoisotopic (exact) mass is 603 g/mol. The van der Waals surface area contributed by atoms with Crippen molar-refractivity contribution in [2.24, 2.45) is 0 Å². The Labute approximate surface area is 234 Å². The summed E-state index contributed by atoms with van der Waals surface area (Å²) < 4.78 is 30.6. The highest BCUT2D eigenvalue weighted by Crippen LogP contribution is 2.48. The van der Waals surface area contributed by atoms with Crippen molar-refractivity contribution in [3.05, 3.63) is 81.0 Å². The fourth-order valence-corrected chi connectivity index (χ4v) is 9.20. The molecule has 8 heteroatoms. The molecule has 1 aliphatic heterocycles. The molecule has 0 N–H and O–H groups in total. The zero-order valence-electron chi connectivity index (χ0n) is 21.5. The molecule has 0 bridgehead atoms. The van der Waals surface area contributed by atoms with Gasteiger partial charge in [-0.3, -0.25) is 4.68 Å². The SMILES string of the molecule is CCn1nc(C)cc1C1CCN(C2CCC(c3ccc(Br)cc3)(S(=O)(=O)c3cccc(Cl)c3)CC2)CC1. The zero-order chi connectivity index (χ0) is 26.2. The van der Waals surface area contributed by atoms with Crippen LogP contribution in [0.25, 0.3) is 0 Å². The number of likely N-dealkylation sites (tertiary alicyclic amines) is 1. The number of piperidine rings is 1. The molecular weight excluding hydrogens is 570 g/mol. The maximum absolute atomic E-state index is 14.2. The van der Waals surface area contributed by atoms with Crippen molar-refractivity contribution in [3.8, 4) is 0 Å². The minimum atomic E-state index is -3.64. The Bertz CT molecular complexity index is 1340. The van der Waals surface area contributed by atoms with E-state index in [2.05, 4.69) is 50.5 Å². The Kier molecular flexibility index (Phi) is 7.88. The van der Waals surface area contributed by atoms with Gasteiger partial charge < -0.3 is 4.90 Å². The molecule has 37 heavy (non-hydrogen) atoms. The Morgan fingerprint density at radius 2 is 1.70 bits per heavy atom. The molecule has 0 radical (unpaired) electrons. The van der Waals surface area contributed by atoms with Crippen LogP contribution in [0.2, 0.25) is 5.02 Å². The van der Waals surface area contributed by atoms with E-state index in [1.807, 2.05) is 24.3 Å². The first-order valence-electron chi connectivity index (χ1n) is 13.3. The summed E-state index contributed by atoms with van der Waals surface area (Å²) in [5.41, 5.74) is 3.33. The Balaban J connectivity index is 1.35. The number of nitrogens with zero attached hydrogens (tertiary/aromatic N) is 3. The quantitative estimate of drug-likeness (QED) is 0.301. The second-order valence-corrected chi connectivity index (χ2v) is 14.1. The summed E-state index contributed by atoms with van der Waals surface area (Å²) in [7, 11) is -3.64. The molecule has 0 atom stereocenters. The number of halogens is 2. The van der Waals surface area contributed by atoms with Crippen molar-refractivity contribution in [2.45, 2.75) is 80.5 Å². The van der Waals surface area contributed by atoms with Crippen LogP contribution < -0.4 is 0 Å². The predicted molar refractivity (Wildman–Crippen MR) is 153 cm³/mol. The second-order valence-electron chi connectivity index (χ2n) is 10.5. The minimum absolute atomic E-state index is 0.310. The molecule has 1 saturated carbocycles. The molecule has 5 nitrogen and oxygen atoms in total. The van der Waals surface area contributed by atoms with Crippen LogP contribution in [0.1, 0.15) is 68.3 Å². The highest BCUT2D eigenvalue weighted by Gasteiger charge is 2.49. The standard InChI is InChI=1S/C29H35BrClN3O2S/c1-3-34-28(19-21(2)32-34)22-13-17-33(18-14-22)26-11-15-29(16-12-26,23-7-9-24(30)10-8-23)37(35,36)27-6-4-5-25(31)20-27/h4-10,19-20,22,26H,3,11-18H2,1-2H3. The Morgan fingerprint density at radius 3 is 2.32 bits per heavy atom. The van der Waals surface area contributed by atoms with Gasteiger partial charge in [0.25, 0.3) is 0 Å². The fourth-order valence-electron chi connectivity index (χ4n) is 6.47. The molecule has 5 rings (SSSR count). The minimum Gasteiger partial charge on any atom is -0.300 e. The summed E-state index contributed by atoms with van der Waals surface area (Å²) in [6, 6.07) is 17.2. The Morgan fingerprint density at radius 1 is 1.03 bits per heavy atom. The lowest BCUT2D eigenvalue weighted by atomic mass is 9.79. The van der Waals surface area contributed by atoms with E-state index in [4.69, 9.17) is 11.6 Å². The van der Waals surface area contributed by atoms with E-state index in [0.29, 0.717) is 34.7 Å². The largest absolute Gasteiger partial charge is 0.300 e. The number of hydrogen-bond donors (Lipinski definition) is 0. The van der Waals surface area contributed by atoms with Crippen LogP contribution in [0, 0.1) is 6.92 Å². The summed E-state index contributed by atoms with van der Waals surface area (Å²) in [5.74, 6) is 0.547. The molecule has 0 spiro atoms. The predicted octanol–water partition coefficient (Wildman–Crippen LogP) is 7.12. The van der Waals surface area contributed by atoms with E-state index >= 15 is 0 Å². The second kappa shape index (κ2) is 10.8. The van der Waals surface area contributed by atoms with Crippen molar-refractivity contribution in [2.75, 3.05) is 13.1 Å². The number of sulfone groups is 1. The first-order valence-corrected chi connectivity index (χ1v) is 15.9. The number of aryl methyl sites for hydroxylation is 2. The van der Waals surface area contributed by atoms with Gasteiger partial charge in [-0.15, -0.1) is 0 Å². The maximum atomic E-state index is 14.2. The van der Waals surface area contributed by atoms with Crippen LogP contribution in [-0.2, 0) is 21.1 Å². The third kappa shape index (κ3) is 5.17. The average molecular weight is 605 g/mol. The third-order valence-corrected chi connectivity index (χ3v) is 11.8. The van der Waals surface area contributed by atoms with Crippen LogP contribution in [0.4, 0.5) is 0 Å². The van der Waals surface area contributed by atoms with Gasteiger partial charge in [0.05, 0.1) is 10.6 Å². The van der Waals surface area contributed by atoms with Crippen molar-refractivity contribution in [3.63, 3.8) is 0 Å². The summed E-state index contributed by atoms with van der Waals surface area (Å²) >= 11 is 9.73. The molecular formula is C29H35BrClN3O2S. The molecule has 0 amide bonds. The molecule has 3 aromatic rings. The van der Waals surface area contributed by atoms with Crippen LogP contribution in [0.3, 0.4) is 0 Å². The molecule has 198 valence electrons. The topological polar surface area (TPSA) is 55.2 Å². The molecule has 2 fully saturated rings. The maximum Gasteiger partial charge on any atom is 0.188 e. The van der Waals surface area contributed by atoms with Crippen molar-refractivity contribution < 1.29 is 8.42 Å². The lowest BCUT2D eigenvalue weighted by Crippen LogP contribution is -2.48. The molecule has 2 heterocycles. The number of rotatable bonds is 6. The number of benzene rings is 2. The van der Waals surface area contributed by atoms with Gasteiger partial charge >= 0.3 is 0 Å². The van der Waals surface area contributed by atoms with Gasteiger partial charge in [0.1, 0.15) is 4.75 Å². The first kappa shape index (κ1) is 26.9. The van der Waals surface area contributed by atoms with Crippen molar-refractivity contribution in [1.82, 2.24) is 14.7 Å². The summed E-state index contributed by atoms with van der Waals surface area (Å²) in [6.07, 6.45) is 5.20. The summed E-state index contributed by atoms with van der Waals surface area (Å²) in [4.78, 5) is 2.91. The van der Waals surface area contributed by atoms with Gasteiger partial charge in [-0.25, -0.2) is 8.42 Å². The van der Waals surface area contributed by atoms with Gasteiger partial charge in [-0.1, -0.05) is 45.7 Å². The van der Waals surface area contributed by atoms with E-state index in [1.165, 1.54) is 5.69 Å². The molecule has 1 aromatic heterocycles. The molecule has 1 saturated heterocycles. The van der Waals surface area contributed by atoms with Crippen molar-refractivity contribution in [1.29, 1.82) is 0 Å². The van der Waals surface area contributed by atoms with Gasteiger partial charge in [-0.2, -0.15) is 5.10 Å². The van der Waals surface area contributed by atoms with E-state index < -0.39 is 14.6 Å². The van der Waals surface area contributed by atoms with E-state index in [-0.39, 0.29) is 0 Å². The number of aromatic nitrogens is 2. The van der Waals surface area contributed by atoms with Crippen LogP contribution in [-0.4, -0.2) is 42.2 Å². The van der Waals surface area contributed by atoms with E-state index in [0.717, 1.165) is 61.0 Å².